The van der Waals surface area contributed by atoms with Gasteiger partial charge in [-0.1, -0.05) is 18.2 Å². The van der Waals surface area contributed by atoms with Crippen LogP contribution < -0.4 is 0 Å². The molecule has 4 nitrogen and oxygen atoms in total. The monoisotopic (exact) mass is 330 g/mol. The van der Waals surface area contributed by atoms with E-state index in [1.54, 1.807) is 16.2 Å². The lowest BCUT2D eigenvalue weighted by Crippen LogP contribution is -2.38. The van der Waals surface area contributed by atoms with Gasteiger partial charge in [-0.3, -0.25) is 0 Å². The largest absolute Gasteiger partial charge is 0.444 e. The fraction of sp³-hybridized carbons (Fsp3) is 0.444. The summed E-state index contributed by atoms with van der Waals surface area (Å²) in [5.41, 5.74) is -0.550. The van der Waals surface area contributed by atoms with Gasteiger partial charge in [-0.05, 0) is 45.2 Å². The Morgan fingerprint density at radius 2 is 2.09 bits per heavy atom. The van der Waals surface area contributed by atoms with Crippen LogP contribution in [0.4, 0.5) is 4.79 Å². The van der Waals surface area contributed by atoms with Crippen LogP contribution in [0.3, 0.4) is 0 Å². The van der Waals surface area contributed by atoms with E-state index in [0.29, 0.717) is 13.1 Å². The van der Waals surface area contributed by atoms with Crippen LogP contribution in [0.2, 0.25) is 0 Å². The molecule has 1 amide bonds. The summed E-state index contributed by atoms with van der Waals surface area (Å²) in [6.07, 6.45) is -0.378. The lowest BCUT2D eigenvalue weighted by Gasteiger charge is -2.27. The zero-order valence-corrected chi connectivity index (χ0v) is 14.8. The third-order valence-electron chi connectivity index (χ3n) is 3.19. The minimum absolute atomic E-state index is 0.239. The van der Waals surface area contributed by atoms with Gasteiger partial charge in [0.15, 0.2) is 0 Å². The van der Waals surface area contributed by atoms with Gasteiger partial charge in [-0.15, -0.1) is 11.3 Å². The van der Waals surface area contributed by atoms with Crippen molar-refractivity contribution in [2.24, 2.45) is 5.92 Å². The zero-order valence-electron chi connectivity index (χ0n) is 14.0. The fourth-order valence-corrected chi connectivity index (χ4v) is 3.28. The van der Waals surface area contributed by atoms with Crippen molar-refractivity contribution in [1.29, 1.82) is 5.26 Å². The number of nitrogens with zero attached hydrogens (tertiary/aromatic N) is 2. The van der Waals surface area contributed by atoms with Crippen LogP contribution in [0.25, 0.3) is 10.1 Å². The Hall–Kier alpha value is -2.06. The Kier molecular flexibility index (Phi) is 5.27. The predicted molar refractivity (Wildman–Crippen MR) is 93.2 cm³/mol. The van der Waals surface area contributed by atoms with Gasteiger partial charge in [0.2, 0.25) is 0 Å². The Morgan fingerprint density at radius 3 is 2.70 bits per heavy atom. The van der Waals surface area contributed by atoms with Crippen LogP contribution in [0.5, 0.6) is 0 Å². The Morgan fingerprint density at radius 1 is 1.39 bits per heavy atom. The minimum Gasteiger partial charge on any atom is -0.444 e. The van der Waals surface area contributed by atoms with Gasteiger partial charge in [0, 0.05) is 16.1 Å². The fourth-order valence-electron chi connectivity index (χ4n) is 2.20. The molecule has 0 aliphatic heterocycles. The molecule has 1 heterocycles. The lowest BCUT2D eigenvalue weighted by atomic mass is 10.2. The molecule has 1 aromatic carbocycles. The summed E-state index contributed by atoms with van der Waals surface area (Å²) in [4.78, 5) is 15.1. The molecular formula is C18H22N2O2S. The molecule has 2 rings (SSSR count). The number of benzene rings is 1. The molecule has 0 fully saturated rings. The van der Waals surface area contributed by atoms with Gasteiger partial charge in [-0.2, -0.15) is 5.26 Å². The second-order valence-electron chi connectivity index (χ2n) is 6.64. The first-order valence-electron chi connectivity index (χ1n) is 7.63. The number of amides is 1. The van der Waals surface area contributed by atoms with Gasteiger partial charge in [0.05, 0.1) is 18.5 Å². The van der Waals surface area contributed by atoms with Crippen molar-refractivity contribution in [3.63, 3.8) is 0 Å². The van der Waals surface area contributed by atoms with Gasteiger partial charge >= 0.3 is 6.09 Å². The van der Waals surface area contributed by atoms with Crippen molar-refractivity contribution < 1.29 is 9.53 Å². The van der Waals surface area contributed by atoms with E-state index in [1.807, 2.05) is 39.8 Å². The number of carbonyl (C=O) groups is 1. The maximum atomic E-state index is 12.4. The van der Waals surface area contributed by atoms with Crippen LogP contribution in [0.15, 0.2) is 30.3 Å². The zero-order chi connectivity index (χ0) is 17.0. The molecule has 0 saturated heterocycles. The predicted octanol–water partition coefficient (Wildman–Crippen LogP) is 4.80. The molecule has 122 valence electrons. The van der Waals surface area contributed by atoms with E-state index in [9.17, 15) is 4.79 Å². The molecule has 0 aliphatic rings. The van der Waals surface area contributed by atoms with Crippen molar-refractivity contribution in [3.05, 3.63) is 35.2 Å². The summed E-state index contributed by atoms with van der Waals surface area (Å²) in [5.74, 6) is -0.239. The topological polar surface area (TPSA) is 53.3 Å². The number of thiophene rings is 1. The van der Waals surface area contributed by atoms with E-state index in [4.69, 9.17) is 10.00 Å². The number of ether oxygens (including phenoxy) is 1. The quantitative estimate of drug-likeness (QED) is 0.809. The number of fused-ring (bicyclic) bond motifs is 1. The lowest BCUT2D eigenvalue weighted by molar-refractivity contribution is 0.0221. The van der Waals surface area contributed by atoms with E-state index in [2.05, 4.69) is 24.3 Å². The van der Waals surface area contributed by atoms with Crippen LogP contribution >= 0.6 is 11.3 Å². The summed E-state index contributed by atoms with van der Waals surface area (Å²) >= 11 is 1.66. The van der Waals surface area contributed by atoms with E-state index >= 15 is 0 Å². The minimum atomic E-state index is -0.550. The smallest absolute Gasteiger partial charge is 0.410 e. The molecule has 0 aliphatic carbocycles. The van der Waals surface area contributed by atoms with E-state index in [0.717, 1.165) is 4.88 Å². The van der Waals surface area contributed by atoms with Gasteiger partial charge in [0.1, 0.15) is 5.60 Å². The first-order valence-corrected chi connectivity index (χ1v) is 8.45. The number of hydrogen-bond acceptors (Lipinski definition) is 4. The Bertz CT molecular complexity index is 691. The third-order valence-corrected chi connectivity index (χ3v) is 4.29. The average molecular weight is 330 g/mol. The third kappa shape index (κ3) is 4.97. The Labute approximate surface area is 141 Å². The van der Waals surface area contributed by atoms with Crippen LogP contribution in [0.1, 0.15) is 32.6 Å². The van der Waals surface area contributed by atoms with E-state index in [1.165, 1.54) is 10.1 Å². The molecule has 0 spiro atoms. The molecular weight excluding hydrogens is 308 g/mol. The number of rotatable bonds is 4. The molecule has 0 saturated carbocycles. The molecule has 1 unspecified atom stereocenters. The van der Waals surface area contributed by atoms with Gasteiger partial charge in [-0.25, -0.2) is 4.79 Å². The SMILES string of the molecule is CC(C#N)CN(Cc1cc2ccccc2s1)C(=O)OC(C)(C)C. The molecule has 0 radical (unpaired) electrons. The number of carbonyl (C=O) groups excluding carboxylic acids is 1. The van der Waals surface area contributed by atoms with Crippen molar-refractivity contribution >= 4 is 27.5 Å². The van der Waals surface area contributed by atoms with Gasteiger partial charge in [0.25, 0.3) is 0 Å². The normalized spacial score (nSPS) is 12.7. The molecule has 5 heteroatoms. The van der Waals surface area contributed by atoms with Crippen molar-refractivity contribution in [2.75, 3.05) is 6.54 Å². The van der Waals surface area contributed by atoms with Crippen molar-refractivity contribution in [1.82, 2.24) is 4.90 Å². The first-order chi connectivity index (χ1) is 10.8. The summed E-state index contributed by atoms with van der Waals surface area (Å²) in [6.45, 7) is 8.16. The highest BCUT2D eigenvalue weighted by Crippen LogP contribution is 2.27. The van der Waals surface area contributed by atoms with Crippen molar-refractivity contribution in [3.8, 4) is 6.07 Å². The van der Waals surface area contributed by atoms with Gasteiger partial charge < -0.3 is 9.64 Å². The Balaban J connectivity index is 2.19. The van der Waals surface area contributed by atoms with Crippen LogP contribution in [-0.4, -0.2) is 23.1 Å². The number of hydrogen-bond donors (Lipinski definition) is 0. The molecule has 1 atom stereocenters. The van der Waals surface area contributed by atoms with Crippen molar-refractivity contribution in [2.45, 2.75) is 39.8 Å². The molecule has 23 heavy (non-hydrogen) atoms. The highest BCUT2D eigenvalue weighted by molar-refractivity contribution is 7.19. The number of nitriles is 1. The highest BCUT2D eigenvalue weighted by atomic mass is 32.1. The highest BCUT2D eigenvalue weighted by Gasteiger charge is 2.24. The maximum absolute atomic E-state index is 12.4. The molecule has 1 aromatic heterocycles. The summed E-state index contributed by atoms with van der Waals surface area (Å²) in [7, 11) is 0. The molecule has 0 bridgehead atoms. The standard InChI is InChI=1S/C18H22N2O2S/c1-13(10-19)11-20(17(21)22-18(2,3)4)12-15-9-14-7-5-6-8-16(14)23-15/h5-9,13H,11-12H2,1-4H3. The molecule has 2 aromatic rings. The summed E-state index contributed by atoms with van der Waals surface area (Å²) in [5, 5.41) is 10.2. The van der Waals surface area contributed by atoms with Crippen LogP contribution in [0, 0.1) is 17.2 Å². The van der Waals surface area contributed by atoms with E-state index in [-0.39, 0.29) is 12.0 Å². The second kappa shape index (κ2) is 7.01. The maximum Gasteiger partial charge on any atom is 0.410 e. The second-order valence-corrected chi connectivity index (χ2v) is 7.81. The summed E-state index contributed by atoms with van der Waals surface area (Å²) in [6, 6.07) is 12.4. The average Bonchev–Trinajstić information content (AvgIpc) is 2.86. The molecule has 0 N–H and O–H groups in total. The van der Waals surface area contributed by atoms with E-state index < -0.39 is 5.60 Å². The summed E-state index contributed by atoms with van der Waals surface area (Å²) < 4.78 is 6.67. The first kappa shape index (κ1) is 17.3. The van der Waals surface area contributed by atoms with Crippen LogP contribution in [-0.2, 0) is 11.3 Å².